The second-order valence-corrected chi connectivity index (χ2v) is 7.56. The second kappa shape index (κ2) is 8.18. The zero-order chi connectivity index (χ0) is 19.6. The van der Waals surface area contributed by atoms with E-state index in [1.54, 1.807) is 0 Å². The summed E-state index contributed by atoms with van der Waals surface area (Å²) in [6.07, 6.45) is -2.97. The monoisotopic (exact) mass is 395 g/mol. The summed E-state index contributed by atoms with van der Waals surface area (Å²) in [4.78, 5) is 35.5. The van der Waals surface area contributed by atoms with E-state index >= 15 is 0 Å². The quantitative estimate of drug-likeness (QED) is 0.595. The first-order valence-corrected chi connectivity index (χ1v) is 9.38. The molecule has 2 heterocycles. The molecule has 2 fully saturated rings. The molecule has 0 bridgehead atoms. The van der Waals surface area contributed by atoms with Crippen molar-refractivity contribution in [3.63, 3.8) is 0 Å². The molecule has 9 heteroatoms. The fourth-order valence-corrected chi connectivity index (χ4v) is 4.14. The standard InChI is InChI=1S/C18H21NO7S/c1-9-4-6-12(7-5-9)27-17-14-16(26-18(22)19-14)15(24-11(3)21)13(25-17)8-23-10(2)20/h4-7,13-17H,8H2,1-3H3,(H,19,22)/t13-,14-,15-,16-,17+/m1/s1. The van der Waals surface area contributed by atoms with E-state index in [-0.39, 0.29) is 6.61 Å². The first-order chi connectivity index (χ1) is 12.8. The molecule has 1 N–H and O–H groups in total. The van der Waals surface area contributed by atoms with Crippen molar-refractivity contribution in [3.8, 4) is 0 Å². The lowest BCUT2D eigenvalue weighted by atomic mass is 9.98. The van der Waals surface area contributed by atoms with Gasteiger partial charge in [0.25, 0.3) is 0 Å². The van der Waals surface area contributed by atoms with Gasteiger partial charge in [0.05, 0.1) is 0 Å². The Hall–Kier alpha value is -2.26. The number of hydrogen-bond acceptors (Lipinski definition) is 8. The van der Waals surface area contributed by atoms with Gasteiger partial charge in [-0.1, -0.05) is 29.5 Å². The Kier molecular flexibility index (Phi) is 5.91. The molecule has 0 unspecified atom stereocenters. The Morgan fingerprint density at radius 1 is 1.19 bits per heavy atom. The number of aryl methyl sites for hydroxylation is 1. The SMILES string of the molecule is CC(=O)OC[C@H]1O[C@@H](Sc2ccc(C)cc2)[C@@H]2NC(=O)O[C@H]2[C@@H]1OC(C)=O. The van der Waals surface area contributed by atoms with E-state index in [2.05, 4.69) is 5.32 Å². The predicted molar refractivity (Wildman–Crippen MR) is 95.1 cm³/mol. The van der Waals surface area contributed by atoms with E-state index in [9.17, 15) is 14.4 Å². The molecule has 2 saturated heterocycles. The third-order valence-electron chi connectivity index (χ3n) is 4.20. The normalized spacial score (nSPS) is 29.3. The summed E-state index contributed by atoms with van der Waals surface area (Å²) in [7, 11) is 0. The van der Waals surface area contributed by atoms with Crippen LogP contribution in [0.2, 0.25) is 0 Å². The van der Waals surface area contributed by atoms with Crippen LogP contribution in [0.15, 0.2) is 29.2 Å². The number of benzene rings is 1. The van der Waals surface area contributed by atoms with E-state index in [1.807, 2.05) is 31.2 Å². The molecular weight excluding hydrogens is 374 g/mol. The van der Waals surface area contributed by atoms with Gasteiger partial charge in [-0.05, 0) is 19.1 Å². The average Bonchev–Trinajstić information content (AvgIpc) is 2.99. The minimum atomic E-state index is -0.874. The Morgan fingerprint density at radius 2 is 1.89 bits per heavy atom. The van der Waals surface area contributed by atoms with E-state index in [1.165, 1.54) is 25.6 Å². The van der Waals surface area contributed by atoms with E-state index < -0.39 is 47.8 Å². The molecule has 8 nitrogen and oxygen atoms in total. The summed E-state index contributed by atoms with van der Waals surface area (Å²) >= 11 is 1.41. The smallest absolute Gasteiger partial charge is 0.408 e. The van der Waals surface area contributed by atoms with Crippen LogP contribution in [0.25, 0.3) is 0 Å². The minimum absolute atomic E-state index is 0.112. The van der Waals surface area contributed by atoms with E-state index in [0.717, 1.165) is 10.5 Å². The van der Waals surface area contributed by atoms with Crippen LogP contribution in [0.5, 0.6) is 0 Å². The summed E-state index contributed by atoms with van der Waals surface area (Å²) < 4.78 is 21.8. The number of amides is 1. The van der Waals surface area contributed by atoms with E-state index in [0.29, 0.717) is 0 Å². The van der Waals surface area contributed by atoms with Crippen molar-refractivity contribution in [1.29, 1.82) is 0 Å². The van der Waals surface area contributed by atoms with Crippen molar-refractivity contribution in [3.05, 3.63) is 29.8 Å². The highest BCUT2D eigenvalue weighted by Crippen LogP contribution is 2.37. The van der Waals surface area contributed by atoms with Gasteiger partial charge in [-0.25, -0.2) is 4.79 Å². The molecule has 146 valence electrons. The lowest BCUT2D eigenvalue weighted by Gasteiger charge is -2.40. The topological polar surface area (TPSA) is 100 Å². The summed E-state index contributed by atoms with van der Waals surface area (Å²) in [6.45, 7) is 4.42. The number of thioether (sulfide) groups is 1. The number of esters is 2. The van der Waals surface area contributed by atoms with Gasteiger partial charge in [-0.3, -0.25) is 9.59 Å². The van der Waals surface area contributed by atoms with Gasteiger partial charge in [-0.15, -0.1) is 0 Å². The van der Waals surface area contributed by atoms with Crippen LogP contribution in [0.3, 0.4) is 0 Å². The van der Waals surface area contributed by atoms with Crippen LogP contribution in [0, 0.1) is 6.92 Å². The van der Waals surface area contributed by atoms with Gasteiger partial charge >= 0.3 is 18.0 Å². The van der Waals surface area contributed by atoms with Crippen molar-refractivity contribution in [2.75, 3.05) is 6.61 Å². The minimum Gasteiger partial charge on any atom is -0.463 e. The number of carbonyl (C=O) groups excluding carboxylic acids is 3. The fourth-order valence-electron chi connectivity index (χ4n) is 3.01. The van der Waals surface area contributed by atoms with Crippen molar-refractivity contribution in [2.45, 2.75) is 55.5 Å². The largest absolute Gasteiger partial charge is 0.463 e. The van der Waals surface area contributed by atoms with Gasteiger partial charge < -0.3 is 24.3 Å². The third kappa shape index (κ3) is 4.72. The molecule has 2 aliphatic rings. The van der Waals surface area contributed by atoms with Gasteiger partial charge in [0.1, 0.15) is 24.2 Å². The molecule has 0 aromatic heterocycles. The number of hydrogen-bond donors (Lipinski definition) is 1. The molecule has 3 rings (SSSR count). The summed E-state index contributed by atoms with van der Waals surface area (Å²) in [5.74, 6) is -1.02. The molecule has 0 radical (unpaired) electrons. The van der Waals surface area contributed by atoms with Crippen LogP contribution < -0.4 is 5.32 Å². The third-order valence-corrected chi connectivity index (χ3v) is 5.38. The molecule has 1 aromatic rings. The van der Waals surface area contributed by atoms with Crippen LogP contribution in [-0.4, -0.2) is 54.4 Å². The second-order valence-electron chi connectivity index (χ2n) is 6.39. The van der Waals surface area contributed by atoms with Crippen molar-refractivity contribution in [1.82, 2.24) is 5.32 Å². The highest BCUT2D eigenvalue weighted by Gasteiger charge is 2.54. The Bertz CT molecular complexity index is 723. The van der Waals surface area contributed by atoms with Gasteiger partial charge in [0.2, 0.25) is 0 Å². The van der Waals surface area contributed by atoms with Gasteiger partial charge in [-0.2, -0.15) is 0 Å². The van der Waals surface area contributed by atoms with Crippen molar-refractivity contribution < 1.29 is 33.3 Å². The number of fused-ring (bicyclic) bond motifs is 1. The molecule has 1 aromatic carbocycles. The Morgan fingerprint density at radius 3 is 2.52 bits per heavy atom. The number of nitrogens with one attached hydrogen (secondary N) is 1. The first kappa shape index (κ1) is 19.5. The van der Waals surface area contributed by atoms with E-state index in [4.69, 9.17) is 18.9 Å². The maximum absolute atomic E-state index is 11.8. The molecule has 0 saturated carbocycles. The summed E-state index contributed by atoms with van der Waals surface area (Å²) in [6, 6.07) is 7.35. The fraction of sp³-hybridized carbons (Fsp3) is 0.500. The predicted octanol–water partition coefficient (Wildman–Crippen LogP) is 1.78. The number of carbonyl (C=O) groups is 3. The summed E-state index contributed by atoms with van der Waals surface area (Å²) in [5, 5.41) is 2.72. The van der Waals surface area contributed by atoms with Crippen molar-refractivity contribution >= 4 is 29.8 Å². The first-order valence-electron chi connectivity index (χ1n) is 8.50. The molecule has 1 amide bonds. The number of alkyl carbamates (subject to hydrolysis) is 1. The zero-order valence-electron chi connectivity index (χ0n) is 15.2. The maximum Gasteiger partial charge on any atom is 0.408 e. The Balaban J connectivity index is 1.83. The number of rotatable bonds is 5. The van der Waals surface area contributed by atoms with Crippen LogP contribution in [0.1, 0.15) is 19.4 Å². The van der Waals surface area contributed by atoms with Crippen molar-refractivity contribution in [2.24, 2.45) is 0 Å². The molecule has 5 atom stereocenters. The highest BCUT2D eigenvalue weighted by molar-refractivity contribution is 7.99. The molecule has 2 aliphatic heterocycles. The molecule has 0 aliphatic carbocycles. The molecule has 0 spiro atoms. The van der Waals surface area contributed by atoms with Gasteiger partial charge in [0.15, 0.2) is 12.2 Å². The highest BCUT2D eigenvalue weighted by atomic mass is 32.2. The summed E-state index contributed by atoms with van der Waals surface area (Å²) in [5.41, 5.74) is 0.624. The van der Waals surface area contributed by atoms with Crippen LogP contribution >= 0.6 is 11.8 Å². The molecular formula is C18H21NO7S. The lowest BCUT2D eigenvalue weighted by Crippen LogP contribution is -2.60. The zero-order valence-corrected chi connectivity index (χ0v) is 16.0. The molecule has 27 heavy (non-hydrogen) atoms. The maximum atomic E-state index is 11.8. The van der Waals surface area contributed by atoms with Crippen LogP contribution in [0.4, 0.5) is 4.79 Å². The Labute approximate surface area is 160 Å². The van der Waals surface area contributed by atoms with Gasteiger partial charge in [0, 0.05) is 18.7 Å². The van der Waals surface area contributed by atoms with Crippen LogP contribution in [-0.2, 0) is 28.5 Å². The number of ether oxygens (including phenoxy) is 4. The average molecular weight is 395 g/mol. The lowest BCUT2D eigenvalue weighted by molar-refractivity contribution is -0.192.